The van der Waals surface area contributed by atoms with Crippen LogP contribution in [0.4, 0.5) is 0 Å². The molecule has 0 heterocycles. The summed E-state index contributed by atoms with van der Waals surface area (Å²) >= 11 is 5.37. The molecule has 4 heteroatoms. The molecule has 0 spiro atoms. The minimum atomic E-state index is 0.279. The van der Waals surface area contributed by atoms with Crippen molar-refractivity contribution in [1.29, 1.82) is 0 Å². The fraction of sp³-hybridized carbons (Fsp3) is 0.188. The van der Waals surface area contributed by atoms with Gasteiger partial charge in [0.05, 0.1) is 0 Å². The third-order valence-electron chi connectivity index (χ3n) is 2.99. The Morgan fingerprint density at radius 1 is 1.05 bits per heavy atom. The molecule has 0 unspecified atom stereocenters. The van der Waals surface area contributed by atoms with Crippen molar-refractivity contribution in [3.63, 3.8) is 0 Å². The van der Waals surface area contributed by atoms with E-state index in [9.17, 15) is 5.11 Å². The van der Waals surface area contributed by atoms with Crippen molar-refractivity contribution >= 4 is 17.3 Å². The van der Waals surface area contributed by atoms with Crippen molar-refractivity contribution in [2.24, 2.45) is 0 Å². The molecule has 0 radical (unpaired) electrons. The Morgan fingerprint density at radius 3 is 2.35 bits per heavy atom. The fourth-order valence-electron chi connectivity index (χ4n) is 1.86. The molecule has 20 heavy (non-hydrogen) atoms. The third kappa shape index (κ3) is 4.24. The average Bonchev–Trinajstić information content (AvgIpc) is 2.48. The van der Waals surface area contributed by atoms with Crippen molar-refractivity contribution in [1.82, 2.24) is 10.2 Å². The highest BCUT2D eigenvalue weighted by atomic mass is 32.1. The van der Waals surface area contributed by atoms with E-state index in [4.69, 9.17) is 12.2 Å². The second kappa shape index (κ2) is 6.91. The summed E-state index contributed by atoms with van der Waals surface area (Å²) in [6.07, 6.45) is 0. The normalized spacial score (nSPS) is 10.1. The Bertz CT molecular complexity index is 554. The average molecular weight is 286 g/mol. The number of rotatable bonds is 4. The van der Waals surface area contributed by atoms with Gasteiger partial charge < -0.3 is 15.3 Å². The zero-order valence-electron chi connectivity index (χ0n) is 11.4. The fourth-order valence-corrected chi connectivity index (χ4v) is 1.99. The van der Waals surface area contributed by atoms with Crippen LogP contribution in [-0.4, -0.2) is 22.2 Å². The van der Waals surface area contributed by atoms with Crippen molar-refractivity contribution in [3.8, 4) is 5.75 Å². The lowest BCUT2D eigenvalue weighted by atomic mass is 10.2. The Morgan fingerprint density at radius 2 is 1.70 bits per heavy atom. The molecular weight excluding hydrogens is 268 g/mol. The smallest absolute Gasteiger partial charge is 0.169 e. The Kier molecular flexibility index (Phi) is 4.96. The molecule has 2 aromatic rings. The maximum atomic E-state index is 9.26. The van der Waals surface area contributed by atoms with Gasteiger partial charge in [0.1, 0.15) is 5.75 Å². The minimum absolute atomic E-state index is 0.279. The van der Waals surface area contributed by atoms with Gasteiger partial charge in [-0.05, 0) is 35.5 Å². The van der Waals surface area contributed by atoms with Crippen LogP contribution in [0.25, 0.3) is 0 Å². The summed E-state index contributed by atoms with van der Waals surface area (Å²) in [6, 6.07) is 17.3. The second-order valence-corrected chi connectivity index (χ2v) is 5.05. The summed E-state index contributed by atoms with van der Waals surface area (Å²) in [5.74, 6) is 0.279. The Hall–Kier alpha value is -2.07. The first-order chi connectivity index (χ1) is 9.65. The van der Waals surface area contributed by atoms with Gasteiger partial charge in [0.2, 0.25) is 0 Å². The number of nitrogens with zero attached hydrogens (tertiary/aromatic N) is 1. The zero-order valence-corrected chi connectivity index (χ0v) is 12.2. The van der Waals surface area contributed by atoms with Crippen LogP contribution in [0.2, 0.25) is 0 Å². The maximum absolute atomic E-state index is 9.26. The summed E-state index contributed by atoms with van der Waals surface area (Å²) in [6.45, 7) is 1.43. The molecule has 3 nitrogen and oxygen atoms in total. The van der Waals surface area contributed by atoms with Crippen LogP contribution in [0.3, 0.4) is 0 Å². The molecule has 2 rings (SSSR count). The number of thiocarbonyl (C=S) groups is 1. The van der Waals surface area contributed by atoms with Crippen LogP contribution in [0, 0.1) is 0 Å². The summed E-state index contributed by atoms with van der Waals surface area (Å²) in [4.78, 5) is 1.98. The maximum Gasteiger partial charge on any atom is 0.169 e. The quantitative estimate of drug-likeness (QED) is 0.847. The lowest BCUT2D eigenvalue weighted by molar-refractivity contribution is 0.471. The standard InChI is InChI=1S/C16H18N2OS/c1-18(12-14-7-9-15(19)10-8-14)16(20)17-11-13-5-3-2-4-6-13/h2-10,19H,11-12H2,1H3,(H,17,20). The largest absolute Gasteiger partial charge is 0.508 e. The summed E-state index contributed by atoms with van der Waals surface area (Å²) in [5, 5.41) is 13.2. The highest BCUT2D eigenvalue weighted by Gasteiger charge is 2.05. The summed E-state index contributed by atoms with van der Waals surface area (Å²) in [7, 11) is 1.95. The van der Waals surface area contributed by atoms with E-state index in [-0.39, 0.29) is 5.75 Å². The van der Waals surface area contributed by atoms with Gasteiger partial charge in [-0.15, -0.1) is 0 Å². The molecule has 0 fully saturated rings. The first-order valence-corrected chi connectivity index (χ1v) is 6.87. The molecule has 0 saturated heterocycles. The molecular formula is C16H18N2OS. The van der Waals surface area contributed by atoms with E-state index in [0.717, 1.165) is 12.1 Å². The van der Waals surface area contributed by atoms with Crippen LogP contribution in [-0.2, 0) is 13.1 Å². The van der Waals surface area contributed by atoms with E-state index in [2.05, 4.69) is 17.4 Å². The third-order valence-corrected chi connectivity index (χ3v) is 3.45. The topological polar surface area (TPSA) is 35.5 Å². The zero-order chi connectivity index (χ0) is 14.4. The van der Waals surface area contributed by atoms with E-state index in [1.807, 2.05) is 42.3 Å². The van der Waals surface area contributed by atoms with Crippen molar-refractivity contribution < 1.29 is 5.11 Å². The first-order valence-electron chi connectivity index (χ1n) is 6.46. The summed E-state index contributed by atoms with van der Waals surface area (Å²) in [5.41, 5.74) is 2.31. The molecule has 0 aliphatic heterocycles. The molecule has 0 saturated carbocycles. The second-order valence-electron chi connectivity index (χ2n) is 4.67. The molecule has 0 atom stereocenters. The van der Waals surface area contributed by atoms with Crippen LogP contribution in [0.15, 0.2) is 54.6 Å². The molecule has 0 aliphatic rings. The van der Waals surface area contributed by atoms with Crippen molar-refractivity contribution in [2.45, 2.75) is 13.1 Å². The molecule has 104 valence electrons. The van der Waals surface area contributed by atoms with E-state index in [1.165, 1.54) is 5.56 Å². The summed E-state index contributed by atoms with van der Waals surface area (Å²) < 4.78 is 0. The van der Waals surface area contributed by atoms with Gasteiger partial charge in [-0.1, -0.05) is 42.5 Å². The number of phenols is 1. The van der Waals surface area contributed by atoms with Gasteiger partial charge in [0.25, 0.3) is 0 Å². The lowest BCUT2D eigenvalue weighted by Crippen LogP contribution is -2.36. The van der Waals surface area contributed by atoms with Gasteiger partial charge in [-0.25, -0.2) is 0 Å². The van der Waals surface area contributed by atoms with Crippen LogP contribution < -0.4 is 5.32 Å². The Labute approximate surface area is 124 Å². The number of nitrogens with one attached hydrogen (secondary N) is 1. The predicted octanol–water partition coefficient (Wildman–Crippen LogP) is 2.90. The van der Waals surface area contributed by atoms with E-state index in [1.54, 1.807) is 12.1 Å². The van der Waals surface area contributed by atoms with E-state index in [0.29, 0.717) is 11.7 Å². The number of aromatic hydroxyl groups is 1. The SMILES string of the molecule is CN(Cc1ccc(O)cc1)C(=S)NCc1ccccc1. The van der Waals surface area contributed by atoms with Gasteiger partial charge >= 0.3 is 0 Å². The van der Waals surface area contributed by atoms with E-state index >= 15 is 0 Å². The molecule has 0 aliphatic carbocycles. The first kappa shape index (κ1) is 14.3. The van der Waals surface area contributed by atoms with Crippen LogP contribution in [0.1, 0.15) is 11.1 Å². The van der Waals surface area contributed by atoms with Crippen molar-refractivity contribution in [3.05, 3.63) is 65.7 Å². The highest BCUT2D eigenvalue weighted by Crippen LogP contribution is 2.11. The highest BCUT2D eigenvalue weighted by molar-refractivity contribution is 7.80. The van der Waals surface area contributed by atoms with Gasteiger partial charge in [0.15, 0.2) is 5.11 Å². The molecule has 0 aromatic heterocycles. The van der Waals surface area contributed by atoms with E-state index < -0.39 is 0 Å². The lowest BCUT2D eigenvalue weighted by Gasteiger charge is -2.21. The molecule has 2 N–H and O–H groups in total. The monoisotopic (exact) mass is 286 g/mol. The number of hydrogen-bond donors (Lipinski definition) is 2. The minimum Gasteiger partial charge on any atom is -0.508 e. The van der Waals surface area contributed by atoms with Gasteiger partial charge in [-0.2, -0.15) is 0 Å². The van der Waals surface area contributed by atoms with Crippen molar-refractivity contribution in [2.75, 3.05) is 7.05 Å². The molecule has 2 aromatic carbocycles. The van der Waals surface area contributed by atoms with Crippen LogP contribution >= 0.6 is 12.2 Å². The molecule has 0 amide bonds. The number of benzene rings is 2. The number of phenolic OH excluding ortho intramolecular Hbond substituents is 1. The number of hydrogen-bond acceptors (Lipinski definition) is 2. The van der Waals surface area contributed by atoms with Crippen LogP contribution in [0.5, 0.6) is 5.75 Å². The van der Waals surface area contributed by atoms with Gasteiger partial charge in [-0.3, -0.25) is 0 Å². The van der Waals surface area contributed by atoms with Gasteiger partial charge in [0, 0.05) is 20.1 Å². The molecule has 0 bridgehead atoms. The Balaban J connectivity index is 1.84. The predicted molar refractivity (Wildman–Crippen MR) is 85.5 cm³/mol.